The number of hydrogen-bond acceptors (Lipinski definition) is 7. The first-order chi connectivity index (χ1) is 10.3. The van der Waals surface area contributed by atoms with Crippen molar-refractivity contribution in [1.82, 2.24) is 19.5 Å². The average molecular weight is 350 g/mol. The topological polar surface area (TPSA) is 125 Å². The van der Waals surface area contributed by atoms with Gasteiger partial charge in [-0.25, -0.2) is 13.2 Å². The van der Waals surface area contributed by atoms with Gasteiger partial charge in [0.15, 0.2) is 0 Å². The van der Waals surface area contributed by atoms with Crippen molar-refractivity contribution < 1.29 is 51.6 Å². The van der Waals surface area contributed by atoms with Gasteiger partial charge >= 0.3 is 35.6 Å². The van der Waals surface area contributed by atoms with Crippen LogP contribution in [0.5, 0.6) is 0 Å². The summed E-state index contributed by atoms with van der Waals surface area (Å²) >= 11 is 0. The van der Waals surface area contributed by atoms with Crippen LogP contribution in [0.4, 0.5) is 4.79 Å². The van der Waals surface area contributed by atoms with E-state index in [1.165, 1.54) is 17.3 Å². The molecule has 1 unspecified atom stereocenters. The molecule has 0 radical (unpaired) electrons. The number of fused-ring (bicyclic) bond motifs is 2. The van der Waals surface area contributed by atoms with Gasteiger partial charge in [-0.05, 0) is 0 Å². The molecular formula is C11H11N4NaO6S. The van der Waals surface area contributed by atoms with Crippen molar-refractivity contribution in [1.29, 1.82) is 0 Å². The third kappa shape index (κ3) is 3.49. The number of amides is 2. The van der Waals surface area contributed by atoms with Crippen molar-refractivity contribution >= 4 is 22.0 Å². The molecule has 2 amide bonds. The van der Waals surface area contributed by atoms with Gasteiger partial charge in [0.05, 0.1) is 18.6 Å². The van der Waals surface area contributed by atoms with Crippen LogP contribution in [0.2, 0.25) is 0 Å². The predicted molar refractivity (Wildman–Crippen MR) is 70.8 cm³/mol. The van der Waals surface area contributed by atoms with Gasteiger partial charge in [-0.2, -0.15) is 14.3 Å². The maximum atomic E-state index is 12.0. The van der Waals surface area contributed by atoms with Crippen LogP contribution in [0.25, 0.3) is 5.57 Å². The van der Waals surface area contributed by atoms with Crippen LogP contribution in [-0.2, 0) is 21.7 Å². The van der Waals surface area contributed by atoms with Gasteiger partial charge < -0.3 is 14.0 Å². The van der Waals surface area contributed by atoms with Gasteiger partial charge in [0.1, 0.15) is 6.04 Å². The number of aryl methyl sites for hydroxylation is 1. The summed E-state index contributed by atoms with van der Waals surface area (Å²) in [5.41, 5.74) is 0.522. The third-order valence-electron chi connectivity index (χ3n) is 3.49. The Morgan fingerprint density at radius 3 is 2.74 bits per heavy atom. The van der Waals surface area contributed by atoms with Crippen molar-refractivity contribution in [3.8, 4) is 0 Å². The standard InChI is InChI=1S/C11H12N4O6S.Na/c1-13-6-12-10(16)4-8(13)7-2-3-14-5-9(7)15(11(14)17)21-22(18,19)20;/h2,4,6,9H,3,5H2,1H3,(H,18,19,20);/q;+1/p-1. The van der Waals surface area contributed by atoms with Crippen molar-refractivity contribution in [3.63, 3.8) is 0 Å². The minimum atomic E-state index is -5.08. The summed E-state index contributed by atoms with van der Waals surface area (Å²) in [5, 5.41) is 0.534. The zero-order valence-electron chi connectivity index (χ0n) is 12.4. The molecule has 12 heteroatoms. The predicted octanol–water partition coefficient (Wildman–Crippen LogP) is -4.32. The van der Waals surface area contributed by atoms with Gasteiger partial charge in [-0.15, -0.1) is 0 Å². The van der Waals surface area contributed by atoms with Crippen LogP contribution in [0.3, 0.4) is 0 Å². The van der Waals surface area contributed by atoms with Crippen molar-refractivity contribution in [3.05, 3.63) is 34.5 Å². The van der Waals surface area contributed by atoms with E-state index < -0.39 is 28.0 Å². The molecular weight excluding hydrogens is 339 g/mol. The Kier molecular flexibility index (Phi) is 4.99. The average Bonchev–Trinajstić information content (AvgIpc) is 2.66. The summed E-state index contributed by atoms with van der Waals surface area (Å²) in [7, 11) is -3.43. The molecule has 0 N–H and O–H groups in total. The van der Waals surface area contributed by atoms with Crippen molar-refractivity contribution in [2.24, 2.45) is 7.05 Å². The Hall–Kier alpha value is -1.24. The molecule has 1 fully saturated rings. The molecule has 118 valence electrons. The maximum Gasteiger partial charge on any atom is 1.00 e. The largest absolute Gasteiger partial charge is 1.00 e. The summed E-state index contributed by atoms with van der Waals surface area (Å²) in [6.07, 6.45) is 3.00. The molecule has 0 spiro atoms. The molecule has 2 bridgehead atoms. The minimum Gasteiger partial charge on any atom is -0.724 e. The molecule has 3 heterocycles. The normalized spacial score (nSPS) is 20.3. The molecule has 10 nitrogen and oxygen atoms in total. The number of carbonyl (C=O) groups excluding carboxylic acids is 1. The molecule has 0 aliphatic carbocycles. The van der Waals surface area contributed by atoms with E-state index in [4.69, 9.17) is 0 Å². The number of rotatable bonds is 3. The Bertz CT molecular complexity index is 835. The molecule has 1 saturated heterocycles. The van der Waals surface area contributed by atoms with Crippen molar-refractivity contribution in [2.75, 3.05) is 13.1 Å². The number of hydrogen-bond donors (Lipinski definition) is 0. The molecule has 2 aliphatic heterocycles. The van der Waals surface area contributed by atoms with Gasteiger partial charge in [-0.3, -0.25) is 4.79 Å². The quantitative estimate of drug-likeness (QED) is 0.307. The maximum absolute atomic E-state index is 12.0. The first-order valence-electron chi connectivity index (χ1n) is 6.23. The first-order valence-corrected chi connectivity index (χ1v) is 7.56. The molecule has 1 aromatic rings. The monoisotopic (exact) mass is 350 g/mol. The molecule has 1 aromatic heterocycles. The number of hydroxylamine groups is 2. The van der Waals surface area contributed by atoms with E-state index >= 15 is 0 Å². The zero-order valence-corrected chi connectivity index (χ0v) is 15.2. The van der Waals surface area contributed by atoms with Crippen molar-refractivity contribution in [2.45, 2.75) is 6.04 Å². The molecule has 23 heavy (non-hydrogen) atoms. The Labute approximate surface area is 153 Å². The fourth-order valence-electron chi connectivity index (χ4n) is 2.56. The van der Waals surface area contributed by atoms with E-state index in [-0.39, 0.29) is 42.6 Å². The first kappa shape index (κ1) is 18.1. The second-order valence-electron chi connectivity index (χ2n) is 4.89. The van der Waals surface area contributed by atoms with Crippen LogP contribution < -0.4 is 35.1 Å². The van der Waals surface area contributed by atoms with E-state index in [1.807, 2.05) is 0 Å². The second-order valence-corrected chi connectivity index (χ2v) is 5.86. The second kappa shape index (κ2) is 6.34. The minimum absolute atomic E-state index is 0. The zero-order chi connectivity index (χ0) is 16.1. The molecule has 0 aromatic carbocycles. The summed E-state index contributed by atoms with van der Waals surface area (Å²) in [4.78, 5) is 28.4. The SMILES string of the molecule is Cn1cnc(=O)cc1C1=CCN2CC1N(OS(=O)(=O)[O-])C2=O.[Na+]. The van der Waals surface area contributed by atoms with E-state index in [2.05, 4.69) is 9.27 Å². The number of aromatic nitrogens is 2. The Balaban J connectivity index is 0.00000192. The molecule has 2 aliphatic rings. The molecule has 3 rings (SSSR count). The van der Waals surface area contributed by atoms with E-state index in [0.717, 1.165) is 0 Å². The van der Waals surface area contributed by atoms with Gasteiger partial charge in [0.2, 0.25) is 10.4 Å². The third-order valence-corrected chi connectivity index (χ3v) is 3.83. The van der Waals surface area contributed by atoms with Crippen LogP contribution in [0.1, 0.15) is 5.69 Å². The fraction of sp³-hybridized carbons (Fsp3) is 0.364. The number of carbonyl (C=O) groups is 1. The number of urea groups is 1. The van der Waals surface area contributed by atoms with E-state index in [1.54, 1.807) is 17.7 Å². The summed E-state index contributed by atoms with van der Waals surface area (Å²) < 4.78 is 38.3. The fourth-order valence-corrected chi connectivity index (χ4v) is 2.93. The van der Waals surface area contributed by atoms with E-state index in [9.17, 15) is 22.6 Å². The summed E-state index contributed by atoms with van der Waals surface area (Å²) in [5.74, 6) is 0. The van der Waals surface area contributed by atoms with Crippen LogP contribution in [0.15, 0.2) is 23.3 Å². The summed E-state index contributed by atoms with van der Waals surface area (Å²) in [6, 6.07) is -0.235. The Morgan fingerprint density at radius 2 is 2.09 bits per heavy atom. The van der Waals surface area contributed by atoms with Crippen LogP contribution in [-0.4, -0.2) is 57.6 Å². The van der Waals surface area contributed by atoms with Crippen LogP contribution >= 0.6 is 0 Å². The molecule has 1 atom stereocenters. The summed E-state index contributed by atoms with van der Waals surface area (Å²) in [6.45, 7) is 0.386. The van der Waals surface area contributed by atoms with Gasteiger partial charge in [-0.1, -0.05) is 6.08 Å². The van der Waals surface area contributed by atoms with Crippen LogP contribution in [0, 0.1) is 0 Å². The Morgan fingerprint density at radius 1 is 1.39 bits per heavy atom. The molecule has 0 saturated carbocycles. The van der Waals surface area contributed by atoms with E-state index in [0.29, 0.717) is 16.3 Å². The smallest absolute Gasteiger partial charge is 0.724 e. The van der Waals surface area contributed by atoms with Gasteiger partial charge in [0.25, 0.3) is 5.56 Å². The van der Waals surface area contributed by atoms with Gasteiger partial charge in [0, 0.05) is 25.2 Å². The number of nitrogens with zero attached hydrogens (tertiary/aromatic N) is 4.